The number of rotatable bonds is 12. The van der Waals surface area contributed by atoms with E-state index in [1.807, 2.05) is 17.0 Å². The Morgan fingerprint density at radius 2 is 1.70 bits per heavy atom. The van der Waals surface area contributed by atoms with Crippen LogP contribution in [0.15, 0.2) is 24.3 Å². The van der Waals surface area contributed by atoms with Crippen LogP contribution in [0.5, 0.6) is 5.75 Å². The first-order valence-electron chi connectivity index (χ1n) is 10.1. The Morgan fingerprint density at radius 1 is 1.07 bits per heavy atom. The summed E-state index contributed by atoms with van der Waals surface area (Å²) < 4.78 is 28.2. The van der Waals surface area contributed by atoms with Crippen molar-refractivity contribution in [1.29, 1.82) is 0 Å². The van der Waals surface area contributed by atoms with Crippen LogP contribution in [0.4, 0.5) is 0 Å². The minimum atomic E-state index is -3.53. The molecule has 0 aliphatic carbocycles. The highest BCUT2D eigenvalue weighted by Crippen LogP contribution is 2.22. The number of unbranched alkanes of at least 4 members (excludes halogenated alkanes) is 1. The summed E-state index contributed by atoms with van der Waals surface area (Å²) in [6.07, 6.45) is 4.84. The minimum Gasteiger partial charge on any atom is -0.382 e. The average molecular weight is 398 g/mol. The van der Waals surface area contributed by atoms with Gasteiger partial charge in [-0.25, -0.2) is 0 Å². The predicted molar refractivity (Wildman–Crippen MR) is 110 cm³/mol. The predicted octanol–water partition coefficient (Wildman–Crippen LogP) is 4.76. The molecule has 27 heavy (non-hydrogen) atoms. The summed E-state index contributed by atoms with van der Waals surface area (Å²) in [6.45, 7) is 10.5. The molecule has 0 aliphatic heterocycles. The molecule has 0 saturated carbocycles. The molecule has 0 aromatic heterocycles. The van der Waals surface area contributed by atoms with Crippen molar-refractivity contribution in [2.45, 2.75) is 79.3 Å². The lowest BCUT2D eigenvalue weighted by Crippen LogP contribution is -2.41. The van der Waals surface area contributed by atoms with E-state index in [1.165, 1.54) is 0 Å². The maximum atomic E-state index is 13.1. The molecular weight excluding hydrogens is 362 g/mol. The summed E-state index contributed by atoms with van der Waals surface area (Å²) in [6, 6.07) is 7.11. The van der Waals surface area contributed by atoms with E-state index >= 15 is 0 Å². The Kier molecular flexibility index (Phi) is 9.84. The molecule has 1 amide bonds. The van der Waals surface area contributed by atoms with Gasteiger partial charge in [0.1, 0.15) is 5.75 Å². The molecule has 0 spiro atoms. The van der Waals surface area contributed by atoms with Crippen LogP contribution in [0.1, 0.15) is 72.3 Å². The van der Waals surface area contributed by atoms with E-state index in [0.717, 1.165) is 37.7 Å². The van der Waals surface area contributed by atoms with Crippen molar-refractivity contribution < 1.29 is 17.4 Å². The van der Waals surface area contributed by atoms with Crippen LogP contribution in [0.2, 0.25) is 0 Å². The van der Waals surface area contributed by atoms with E-state index in [0.29, 0.717) is 12.3 Å². The van der Waals surface area contributed by atoms with Crippen LogP contribution in [0.3, 0.4) is 0 Å². The van der Waals surface area contributed by atoms with Crippen LogP contribution in [0.25, 0.3) is 0 Å². The minimum absolute atomic E-state index is 0.0660. The SMILES string of the molecule is CCCC[C@H](CC)C(=O)N(Cc1ccc(OS(=O)(=O)CC)cc1)[C@@H](C)CC. The molecule has 6 heteroatoms. The number of hydrogen-bond donors (Lipinski definition) is 0. The molecule has 0 radical (unpaired) electrons. The molecule has 5 nitrogen and oxygen atoms in total. The van der Waals surface area contributed by atoms with E-state index in [2.05, 4.69) is 27.7 Å². The van der Waals surface area contributed by atoms with Gasteiger partial charge in [0.2, 0.25) is 5.91 Å². The molecule has 0 heterocycles. The van der Waals surface area contributed by atoms with Gasteiger partial charge in [-0.1, -0.05) is 45.7 Å². The average Bonchev–Trinajstić information content (AvgIpc) is 2.67. The lowest BCUT2D eigenvalue weighted by Gasteiger charge is -2.32. The third-order valence-corrected chi connectivity index (χ3v) is 6.16. The van der Waals surface area contributed by atoms with Gasteiger partial charge in [-0.3, -0.25) is 4.79 Å². The van der Waals surface area contributed by atoms with Gasteiger partial charge in [0.25, 0.3) is 0 Å². The second kappa shape index (κ2) is 11.3. The molecule has 154 valence electrons. The van der Waals surface area contributed by atoms with Gasteiger partial charge in [-0.05, 0) is 50.8 Å². The van der Waals surface area contributed by atoms with Crippen LogP contribution < -0.4 is 4.18 Å². The van der Waals surface area contributed by atoms with Crippen molar-refractivity contribution >= 4 is 16.0 Å². The quantitative estimate of drug-likeness (QED) is 0.477. The molecule has 0 aliphatic rings. The van der Waals surface area contributed by atoms with Crippen LogP contribution in [-0.4, -0.2) is 31.0 Å². The Bertz CT molecular complexity index is 670. The van der Waals surface area contributed by atoms with Crippen LogP contribution in [-0.2, 0) is 21.5 Å². The van der Waals surface area contributed by atoms with E-state index in [-0.39, 0.29) is 23.6 Å². The lowest BCUT2D eigenvalue weighted by atomic mass is 9.96. The first kappa shape index (κ1) is 23.5. The highest BCUT2D eigenvalue weighted by Gasteiger charge is 2.25. The fraction of sp³-hybridized carbons (Fsp3) is 0.667. The van der Waals surface area contributed by atoms with Crippen molar-refractivity contribution in [2.75, 3.05) is 5.75 Å². The number of carbonyl (C=O) groups is 1. The molecular formula is C21H35NO4S. The molecule has 0 fully saturated rings. The molecule has 2 atom stereocenters. The van der Waals surface area contributed by atoms with Gasteiger partial charge in [0.15, 0.2) is 0 Å². The van der Waals surface area contributed by atoms with Crippen LogP contribution in [0, 0.1) is 5.92 Å². The smallest absolute Gasteiger partial charge is 0.308 e. The third kappa shape index (κ3) is 7.53. The molecule has 1 rings (SSSR count). The van der Waals surface area contributed by atoms with Gasteiger partial charge in [-0.2, -0.15) is 8.42 Å². The summed E-state index contributed by atoms with van der Waals surface area (Å²) in [5.41, 5.74) is 0.968. The number of hydrogen-bond acceptors (Lipinski definition) is 4. The monoisotopic (exact) mass is 397 g/mol. The maximum absolute atomic E-state index is 13.1. The topological polar surface area (TPSA) is 63.7 Å². The summed E-state index contributed by atoms with van der Waals surface area (Å²) in [5.74, 6) is 0.517. The van der Waals surface area contributed by atoms with Crippen LogP contribution >= 0.6 is 0 Å². The highest BCUT2D eigenvalue weighted by atomic mass is 32.2. The molecule has 1 aromatic rings. The zero-order valence-electron chi connectivity index (χ0n) is 17.4. The number of nitrogens with zero attached hydrogens (tertiary/aromatic N) is 1. The number of benzene rings is 1. The Hall–Kier alpha value is -1.56. The van der Waals surface area contributed by atoms with Crippen molar-refractivity contribution in [1.82, 2.24) is 4.90 Å². The number of amides is 1. The molecule has 0 saturated heterocycles. The normalized spacial score (nSPS) is 13.8. The summed E-state index contributed by atoms with van der Waals surface area (Å²) in [5, 5.41) is 0. The molecule has 1 aromatic carbocycles. The summed E-state index contributed by atoms with van der Waals surface area (Å²) >= 11 is 0. The van der Waals surface area contributed by atoms with Crippen molar-refractivity contribution in [3.05, 3.63) is 29.8 Å². The maximum Gasteiger partial charge on any atom is 0.308 e. The molecule has 0 unspecified atom stereocenters. The van der Waals surface area contributed by atoms with Crippen molar-refractivity contribution in [2.24, 2.45) is 5.92 Å². The fourth-order valence-electron chi connectivity index (χ4n) is 2.91. The van der Waals surface area contributed by atoms with Crippen molar-refractivity contribution in [3.8, 4) is 5.75 Å². The van der Waals surface area contributed by atoms with Gasteiger partial charge in [-0.15, -0.1) is 0 Å². The van der Waals surface area contributed by atoms with Gasteiger partial charge in [0, 0.05) is 18.5 Å². The van der Waals surface area contributed by atoms with Gasteiger partial charge < -0.3 is 9.08 Å². The summed E-state index contributed by atoms with van der Waals surface area (Å²) in [7, 11) is -3.53. The first-order chi connectivity index (χ1) is 12.8. The molecule has 0 N–H and O–H groups in total. The second-order valence-electron chi connectivity index (χ2n) is 7.04. The van der Waals surface area contributed by atoms with E-state index in [4.69, 9.17) is 4.18 Å². The van der Waals surface area contributed by atoms with E-state index in [1.54, 1.807) is 19.1 Å². The second-order valence-corrected chi connectivity index (χ2v) is 8.90. The Morgan fingerprint density at radius 3 is 2.19 bits per heavy atom. The van der Waals surface area contributed by atoms with Gasteiger partial charge >= 0.3 is 10.1 Å². The number of carbonyl (C=O) groups excluding carboxylic acids is 1. The summed E-state index contributed by atoms with van der Waals surface area (Å²) in [4.78, 5) is 15.1. The highest BCUT2D eigenvalue weighted by molar-refractivity contribution is 7.87. The Labute approximate surface area is 165 Å². The fourth-order valence-corrected chi connectivity index (χ4v) is 3.43. The Balaban J connectivity index is 2.92. The van der Waals surface area contributed by atoms with Crippen molar-refractivity contribution in [3.63, 3.8) is 0 Å². The third-order valence-electron chi connectivity index (χ3n) is 5.01. The zero-order valence-corrected chi connectivity index (χ0v) is 18.2. The lowest BCUT2D eigenvalue weighted by molar-refractivity contribution is -0.138. The zero-order chi connectivity index (χ0) is 20.4. The first-order valence-corrected chi connectivity index (χ1v) is 11.7. The van der Waals surface area contributed by atoms with Gasteiger partial charge in [0.05, 0.1) is 5.75 Å². The van der Waals surface area contributed by atoms with E-state index < -0.39 is 10.1 Å². The van der Waals surface area contributed by atoms with E-state index in [9.17, 15) is 13.2 Å². The largest absolute Gasteiger partial charge is 0.382 e. The molecule has 0 bridgehead atoms. The standard InChI is InChI=1S/C21H35NO4S/c1-6-10-11-19(8-3)21(23)22(17(5)7-2)16-18-12-14-20(15-13-18)26-27(24,25)9-4/h12-15,17,19H,6-11,16H2,1-5H3/t17-,19-/m0/s1.